The van der Waals surface area contributed by atoms with E-state index in [0.717, 1.165) is 32.0 Å². The van der Waals surface area contributed by atoms with Crippen molar-refractivity contribution in [3.8, 4) is 0 Å². The fraction of sp³-hybridized carbons (Fsp3) is 1.00. The molecular formula is C13H28N2O. The van der Waals surface area contributed by atoms with Gasteiger partial charge in [-0.1, -0.05) is 6.92 Å². The van der Waals surface area contributed by atoms with E-state index in [1.165, 1.54) is 19.3 Å². The van der Waals surface area contributed by atoms with Gasteiger partial charge in [-0.2, -0.15) is 0 Å². The Morgan fingerprint density at radius 2 is 2.12 bits per heavy atom. The van der Waals surface area contributed by atoms with Crippen molar-refractivity contribution in [2.45, 2.75) is 51.6 Å². The highest BCUT2D eigenvalue weighted by molar-refractivity contribution is 4.88. The maximum atomic E-state index is 5.71. The van der Waals surface area contributed by atoms with E-state index in [9.17, 15) is 0 Å². The Balaban J connectivity index is 2.51. The number of ether oxygens (including phenoxy) is 1. The molecule has 1 aliphatic rings. The summed E-state index contributed by atoms with van der Waals surface area (Å²) in [4.78, 5) is 2.62. The van der Waals surface area contributed by atoms with Crippen LogP contribution in [0.2, 0.25) is 0 Å². The van der Waals surface area contributed by atoms with E-state index in [-0.39, 0.29) is 0 Å². The van der Waals surface area contributed by atoms with E-state index >= 15 is 0 Å². The van der Waals surface area contributed by atoms with E-state index in [0.29, 0.717) is 12.1 Å². The van der Waals surface area contributed by atoms with Crippen LogP contribution >= 0.6 is 0 Å². The van der Waals surface area contributed by atoms with Crippen LogP contribution in [-0.4, -0.2) is 43.8 Å². The van der Waals surface area contributed by atoms with Crippen molar-refractivity contribution in [2.75, 3.05) is 26.8 Å². The topological polar surface area (TPSA) is 38.5 Å². The lowest BCUT2D eigenvalue weighted by atomic mass is 10.0. The van der Waals surface area contributed by atoms with Crippen LogP contribution in [0.15, 0.2) is 0 Å². The highest BCUT2D eigenvalue weighted by atomic mass is 16.5. The molecule has 0 heterocycles. The zero-order chi connectivity index (χ0) is 12.0. The molecular weight excluding hydrogens is 200 g/mol. The number of rotatable bonds is 9. The first-order chi connectivity index (χ1) is 7.74. The predicted molar refractivity (Wildman–Crippen MR) is 68.5 cm³/mol. The van der Waals surface area contributed by atoms with Crippen molar-refractivity contribution in [2.24, 2.45) is 11.7 Å². The van der Waals surface area contributed by atoms with Crippen LogP contribution in [0, 0.1) is 5.92 Å². The molecule has 16 heavy (non-hydrogen) atoms. The normalized spacial score (nSPS) is 20.1. The molecule has 0 aliphatic heterocycles. The van der Waals surface area contributed by atoms with Crippen molar-refractivity contribution in [1.29, 1.82) is 0 Å². The van der Waals surface area contributed by atoms with Crippen LogP contribution in [0.3, 0.4) is 0 Å². The molecule has 0 aromatic heterocycles. The second-order valence-electron chi connectivity index (χ2n) is 4.95. The summed E-state index contributed by atoms with van der Waals surface area (Å²) < 4.78 is 5.22. The molecule has 96 valence electrons. The third-order valence-electron chi connectivity index (χ3n) is 3.82. The standard InChI is InChI=1S/C13H28N2O/c1-4-13(7-8-14)15(9-10-16-3)11(2)12-5-6-12/h11-13H,4-10,14H2,1-3H3. The lowest BCUT2D eigenvalue weighted by Gasteiger charge is -2.36. The Hall–Kier alpha value is -0.120. The third kappa shape index (κ3) is 4.04. The van der Waals surface area contributed by atoms with Gasteiger partial charge in [-0.15, -0.1) is 0 Å². The first-order valence-corrected chi connectivity index (χ1v) is 6.69. The summed E-state index contributed by atoms with van der Waals surface area (Å²) in [6, 6.07) is 1.34. The Labute approximate surface area is 100 Å². The smallest absolute Gasteiger partial charge is 0.0589 e. The van der Waals surface area contributed by atoms with E-state index in [2.05, 4.69) is 18.7 Å². The minimum atomic E-state index is 0.635. The minimum Gasteiger partial charge on any atom is -0.383 e. The van der Waals surface area contributed by atoms with Gasteiger partial charge < -0.3 is 10.5 Å². The van der Waals surface area contributed by atoms with Crippen molar-refractivity contribution in [3.05, 3.63) is 0 Å². The van der Waals surface area contributed by atoms with Crippen molar-refractivity contribution < 1.29 is 4.74 Å². The van der Waals surface area contributed by atoms with Crippen LogP contribution < -0.4 is 5.73 Å². The number of hydrogen-bond donors (Lipinski definition) is 1. The third-order valence-corrected chi connectivity index (χ3v) is 3.82. The van der Waals surface area contributed by atoms with Crippen LogP contribution in [0.5, 0.6) is 0 Å². The van der Waals surface area contributed by atoms with Crippen LogP contribution in [0.4, 0.5) is 0 Å². The quantitative estimate of drug-likeness (QED) is 0.654. The van der Waals surface area contributed by atoms with Crippen molar-refractivity contribution in [1.82, 2.24) is 4.90 Å². The van der Waals surface area contributed by atoms with Crippen LogP contribution in [0.25, 0.3) is 0 Å². The van der Waals surface area contributed by atoms with E-state index in [4.69, 9.17) is 10.5 Å². The van der Waals surface area contributed by atoms with E-state index in [1.807, 2.05) is 0 Å². The van der Waals surface area contributed by atoms with Gasteiger partial charge in [0.1, 0.15) is 0 Å². The molecule has 2 atom stereocenters. The van der Waals surface area contributed by atoms with Gasteiger partial charge in [0.25, 0.3) is 0 Å². The summed E-state index contributed by atoms with van der Waals surface area (Å²) in [5.41, 5.74) is 5.71. The highest BCUT2D eigenvalue weighted by Crippen LogP contribution is 2.36. The highest BCUT2D eigenvalue weighted by Gasteiger charge is 2.34. The zero-order valence-electron chi connectivity index (χ0n) is 11.1. The maximum absolute atomic E-state index is 5.71. The van der Waals surface area contributed by atoms with Gasteiger partial charge in [0.2, 0.25) is 0 Å². The number of methoxy groups -OCH3 is 1. The van der Waals surface area contributed by atoms with Gasteiger partial charge in [0.15, 0.2) is 0 Å². The molecule has 2 unspecified atom stereocenters. The molecule has 3 heteroatoms. The molecule has 0 bridgehead atoms. The summed E-state index contributed by atoms with van der Waals surface area (Å²) in [6.45, 7) is 7.30. The second kappa shape index (κ2) is 7.25. The maximum Gasteiger partial charge on any atom is 0.0589 e. The summed E-state index contributed by atoms with van der Waals surface area (Å²) in [6.07, 6.45) is 5.11. The zero-order valence-corrected chi connectivity index (χ0v) is 11.1. The fourth-order valence-electron chi connectivity index (χ4n) is 2.56. The molecule has 1 fully saturated rings. The van der Waals surface area contributed by atoms with Gasteiger partial charge in [0, 0.05) is 25.7 Å². The molecule has 0 saturated heterocycles. The van der Waals surface area contributed by atoms with E-state index in [1.54, 1.807) is 7.11 Å². The molecule has 0 aromatic rings. The number of nitrogens with zero attached hydrogens (tertiary/aromatic N) is 1. The van der Waals surface area contributed by atoms with Crippen LogP contribution in [-0.2, 0) is 4.74 Å². The summed E-state index contributed by atoms with van der Waals surface area (Å²) in [7, 11) is 1.78. The Bertz CT molecular complexity index is 183. The predicted octanol–water partition coefficient (Wildman–Crippen LogP) is 1.86. The molecule has 3 nitrogen and oxygen atoms in total. The fourth-order valence-corrected chi connectivity index (χ4v) is 2.56. The summed E-state index contributed by atoms with van der Waals surface area (Å²) >= 11 is 0. The second-order valence-corrected chi connectivity index (χ2v) is 4.95. The molecule has 0 radical (unpaired) electrons. The molecule has 0 aromatic carbocycles. The summed E-state index contributed by atoms with van der Waals surface area (Å²) in [5.74, 6) is 0.920. The monoisotopic (exact) mass is 228 g/mol. The average molecular weight is 228 g/mol. The van der Waals surface area contributed by atoms with Gasteiger partial charge in [-0.05, 0) is 45.1 Å². The molecule has 1 aliphatic carbocycles. The SMILES string of the molecule is CCC(CCN)N(CCOC)C(C)C1CC1. The summed E-state index contributed by atoms with van der Waals surface area (Å²) in [5, 5.41) is 0. The van der Waals surface area contributed by atoms with Gasteiger partial charge >= 0.3 is 0 Å². The van der Waals surface area contributed by atoms with Gasteiger partial charge in [-0.3, -0.25) is 4.90 Å². The van der Waals surface area contributed by atoms with Gasteiger partial charge in [0.05, 0.1) is 6.61 Å². The largest absolute Gasteiger partial charge is 0.383 e. The number of nitrogens with two attached hydrogens (primary N) is 1. The average Bonchev–Trinajstić information content (AvgIpc) is 3.11. The Morgan fingerprint density at radius 1 is 1.44 bits per heavy atom. The lowest BCUT2D eigenvalue weighted by Crippen LogP contribution is -2.45. The molecule has 0 amide bonds. The van der Waals surface area contributed by atoms with Crippen molar-refractivity contribution >= 4 is 0 Å². The molecule has 1 rings (SSSR count). The molecule has 1 saturated carbocycles. The molecule has 0 spiro atoms. The Kier molecular flexibility index (Phi) is 6.32. The Morgan fingerprint density at radius 3 is 2.56 bits per heavy atom. The first kappa shape index (κ1) is 13.9. The minimum absolute atomic E-state index is 0.635. The van der Waals surface area contributed by atoms with Crippen molar-refractivity contribution in [3.63, 3.8) is 0 Å². The molecule has 2 N–H and O–H groups in total. The van der Waals surface area contributed by atoms with E-state index < -0.39 is 0 Å². The van der Waals surface area contributed by atoms with Gasteiger partial charge in [-0.25, -0.2) is 0 Å². The first-order valence-electron chi connectivity index (χ1n) is 6.69. The lowest BCUT2D eigenvalue weighted by molar-refractivity contribution is 0.0764. The number of hydrogen-bond acceptors (Lipinski definition) is 3. The van der Waals surface area contributed by atoms with Crippen LogP contribution in [0.1, 0.15) is 39.5 Å².